The molecule has 0 radical (unpaired) electrons. The predicted octanol–water partition coefficient (Wildman–Crippen LogP) is 4.52. The first-order valence-electron chi connectivity index (χ1n) is 8.21. The van der Waals surface area contributed by atoms with Gasteiger partial charge in [0.1, 0.15) is 5.82 Å². The fourth-order valence-corrected chi connectivity index (χ4v) is 2.64. The highest BCUT2D eigenvalue weighted by Crippen LogP contribution is 2.39. The monoisotopic (exact) mass is 317 g/mol. The SMILES string of the molecule is C/C=C/c1cnc(-c2ccccc2)nc1Nc1cc(C2CC2)[nH]n1. The number of H-pyrrole nitrogens is 1. The van der Waals surface area contributed by atoms with E-state index in [0.717, 1.165) is 22.8 Å². The highest BCUT2D eigenvalue weighted by Gasteiger charge is 2.25. The summed E-state index contributed by atoms with van der Waals surface area (Å²) >= 11 is 0. The van der Waals surface area contributed by atoms with E-state index in [-0.39, 0.29) is 0 Å². The highest BCUT2D eigenvalue weighted by molar-refractivity contribution is 5.69. The number of nitrogens with one attached hydrogen (secondary N) is 2. The van der Waals surface area contributed by atoms with E-state index >= 15 is 0 Å². The lowest BCUT2D eigenvalue weighted by Crippen LogP contribution is -2.00. The van der Waals surface area contributed by atoms with Crippen molar-refractivity contribution >= 4 is 17.7 Å². The van der Waals surface area contributed by atoms with E-state index in [2.05, 4.69) is 26.6 Å². The maximum Gasteiger partial charge on any atom is 0.161 e. The smallest absolute Gasteiger partial charge is 0.161 e. The molecule has 5 heteroatoms. The third-order valence-corrected chi connectivity index (χ3v) is 4.06. The molecule has 4 rings (SSSR count). The Bertz CT molecular complexity index is 862. The summed E-state index contributed by atoms with van der Waals surface area (Å²) in [5, 5.41) is 10.8. The maximum absolute atomic E-state index is 4.70. The molecule has 0 atom stereocenters. The lowest BCUT2D eigenvalue weighted by Gasteiger charge is -2.08. The molecule has 24 heavy (non-hydrogen) atoms. The molecule has 2 heterocycles. The summed E-state index contributed by atoms with van der Waals surface area (Å²) in [6.45, 7) is 1.98. The lowest BCUT2D eigenvalue weighted by atomic mass is 10.2. The van der Waals surface area contributed by atoms with Crippen molar-refractivity contribution in [3.05, 3.63) is 59.9 Å². The molecule has 1 aromatic carbocycles. The Hall–Kier alpha value is -2.95. The molecule has 0 spiro atoms. The molecular weight excluding hydrogens is 298 g/mol. The van der Waals surface area contributed by atoms with Crippen molar-refractivity contribution in [1.82, 2.24) is 20.2 Å². The van der Waals surface area contributed by atoms with Crippen LogP contribution in [-0.4, -0.2) is 20.2 Å². The zero-order chi connectivity index (χ0) is 16.4. The Morgan fingerprint density at radius 1 is 1.21 bits per heavy atom. The van der Waals surface area contributed by atoms with E-state index in [4.69, 9.17) is 4.98 Å². The Balaban J connectivity index is 1.67. The second-order valence-corrected chi connectivity index (χ2v) is 5.97. The quantitative estimate of drug-likeness (QED) is 0.726. The summed E-state index contributed by atoms with van der Waals surface area (Å²) < 4.78 is 0. The van der Waals surface area contributed by atoms with Gasteiger partial charge in [-0.1, -0.05) is 42.5 Å². The molecule has 0 bridgehead atoms. The molecule has 5 nitrogen and oxygen atoms in total. The predicted molar refractivity (Wildman–Crippen MR) is 96.0 cm³/mol. The van der Waals surface area contributed by atoms with Gasteiger partial charge in [-0.05, 0) is 19.8 Å². The second-order valence-electron chi connectivity index (χ2n) is 5.97. The number of aromatic amines is 1. The van der Waals surface area contributed by atoms with E-state index in [9.17, 15) is 0 Å². The number of benzene rings is 1. The van der Waals surface area contributed by atoms with Crippen molar-refractivity contribution in [3.63, 3.8) is 0 Å². The summed E-state index contributed by atoms with van der Waals surface area (Å²) in [7, 11) is 0. The van der Waals surface area contributed by atoms with Crippen molar-refractivity contribution in [1.29, 1.82) is 0 Å². The largest absolute Gasteiger partial charge is 0.323 e. The first kappa shape index (κ1) is 14.6. The van der Waals surface area contributed by atoms with Gasteiger partial charge in [-0.3, -0.25) is 5.10 Å². The number of nitrogens with zero attached hydrogens (tertiary/aromatic N) is 3. The maximum atomic E-state index is 4.70. The van der Waals surface area contributed by atoms with Crippen LogP contribution in [0.1, 0.15) is 36.9 Å². The van der Waals surface area contributed by atoms with E-state index in [1.807, 2.05) is 55.6 Å². The first-order chi connectivity index (χ1) is 11.8. The minimum atomic E-state index is 0.647. The van der Waals surface area contributed by atoms with Crippen LogP contribution in [0.4, 0.5) is 11.6 Å². The fourth-order valence-electron chi connectivity index (χ4n) is 2.64. The third-order valence-electron chi connectivity index (χ3n) is 4.06. The van der Waals surface area contributed by atoms with Gasteiger partial charge in [0.15, 0.2) is 11.6 Å². The van der Waals surface area contributed by atoms with Crippen LogP contribution in [0.2, 0.25) is 0 Å². The molecule has 1 aliphatic rings. The van der Waals surface area contributed by atoms with Crippen LogP contribution in [0.5, 0.6) is 0 Å². The Morgan fingerprint density at radius 2 is 2.04 bits per heavy atom. The number of hydrogen-bond acceptors (Lipinski definition) is 4. The molecule has 0 amide bonds. The van der Waals surface area contributed by atoms with Gasteiger partial charge in [-0.2, -0.15) is 5.10 Å². The number of aromatic nitrogens is 4. The summed E-state index contributed by atoms with van der Waals surface area (Å²) in [6, 6.07) is 12.0. The summed E-state index contributed by atoms with van der Waals surface area (Å²) in [5.74, 6) is 2.90. The standard InChI is InChI=1S/C19H19N5/c1-2-6-15-12-20-18(14-7-4-3-5-8-14)22-19(15)21-17-11-16(23-24-17)13-9-10-13/h2-8,11-13H,9-10H2,1H3,(H2,20,21,22,23,24)/b6-2+. The molecule has 1 aliphatic carbocycles. The van der Waals surface area contributed by atoms with Crippen LogP contribution < -0.4 is 5.32 Å². The molecule has 3 aromatic rings. The Labute approximate surface area is 140 Å². The molecule has 2 aromatic heterocycles. The van der Waals surface area contributed by atoms with Crippen molar-refractivity contribution in [3.8, 4) is 11.4 Å². The number of anilines is 2. The van der Waals surface area contributed by atoms with Gasteiger partial charge in [-0.25, -0.2) is 9.97 Å². The van der Waals surface area contributed by atoms with Gasteiger partial charge in [0.05, 0.1) is 0 Å². The van der Waals surface area contributed by atoms with E-state index in [1.165, 1.54) is 18.5 Å². The van der Waals surface area contributed by atoms with Gasteiger partial charge in [0, 0.05) is 35.0 Å². The zero-order valence-electron chi connectivity index (χ0n) is 13.5. The first-order valence-corrected chi connectivity index (χ1v) is 8.21. The molecule has 1 saturated carbocycles. The average Bonchev–Trinajstić information content (AvgIpc) is 3.37. The number of allylic oxidation sites excluding steroid dienone is 1. The van der Waals surface area contributed by atoms with Crippen LogP contribution in [0.3, 0.4) is 0 Å². The molecule has 120 valence electrons. The van der Waals surface area contributed by atoms with Crippen LogP contribution in [0.25, 0.3) is 17.5 Å². The van der Waals surface area contributed by atoms with Crippen molar-refractivity contribution in [2.24, 2.45) is 0 Å². The normalized spacial score (nSPS) is 14.2. The fraction of sp³-hybridized carbons (Fsp3) is 0.211. The molecule has 0 unspecified atom stereocenters. The topological polar surface area (TPSA) is 66.5 Å². The molecule has 0 aliphatic heterocycles. The summed E-state index contributed by atoms with van der Waals surface area (Å²) in [5.41, 5.74) is 3.13. The van der Waals surface area contributed by atoms with Crippen molar-refractivity contribution < 1.29 is 0 Å². The Morgan fingerprint density at radius 3 is 2.79 bits per heavy atom. The summed E-state index contributed by atoms with van der Waals surface area (Å²) in [4.78, 5) is 9.18. The van der Waals surface area contributed by atoms with E-state index in [0.29, 0.717) is 11.7 Å². The van der Waals surface area contributed by atoms with Gasteiger partial charge in [0.2, 0.25) is 0 Å². The second kappa shape index (κ2) is 6.28. The van der Waals surface area contributed by atoms with Gasteiger partial charge < -0.3 is 5.32 Å². The van der Waals surface area contributed by atoms with Gasteiger partial charge in [0.25, 0.3) is 0 Å². The Kier molecular flexibility index (Phi) is 3.83. The third kappa shape index (κ3) is 3.06. The van der Waals surface area contributed by atoms with E-state index in [1.54, 1.807) is 0 Å². The van der Waals surface area contributed by atoms with Crippen LogP contribution in [0.15, 0.2) is 48.7 Å². The minimum Gasteiger partial charge on any atom is -0.323 e. The van der Waals surface area contributed by atoms with E-state index < -0.39 is 0 Å². The number of rotatable bonds is 5. The van der Waals surface area contributed by atoms with Gasteiger partial charge >= 0.3 is 0 Å². The van der Waals surface area contributed by atoms with Gasteiger partial charge in [-0.15, -0.1) is 0 Å². The molecule has 2 N–H and O–H groups in total. The number of hydrogen-bond donors (Lipinski definition) is 2. The van der Waals surface area contributed by atoms with Crippen LogP contribution in [-0.2, 0) is 0 Å². The lowest BCUT2D eigenvalue weighted by molar-refractivity contribution is 0.966. The van der Waals surface area contributed by atoms with Crippen LogP contribution >= 0.6 is 0 Å². The van der Waals surface area contributed by atoms with Crippen molar-refractivity contribution in [2.75, 3.05) is 5.32 Å². The molecule has 1 fully saturated rings. The molecule has 0 saturated heterocycles. The molecular formula is C19H19N5. The van der Waals surface area contributed by atoms with Crippen molar-refractivity contribution in [2.45, 2.75) is 25.7 Å². The average molecular weight is 317 g/mol. The highest BCUT2D eigenvalue weighted by atomic mass is 15.2. The van der Waals surface area contributed by atoms with Crippen LogP contribution in [0, 0.1) is 0 Å². The minimum absolute atomic E-state index is 0.647. The summed E-state index contributed by atoms with van der Waals surface area (Å²) in [6.07, 6.45) is 8.30. The zero-order valence-corrected chi connectivity index (χ0v) is 13.5.